The molecule has 0 aliphatic rings. The molecule has 2 aromatic rings. The molecular weight excluding hydrogens is 274 g/mol. The number of carbonyl (C=O) groups is 1. The number of aromatic nitrogens is 2. The van der Waals surface area contributed by atoms with Gasteiger partial charge in [0.05, 0.1) is 17.7 Å². The Labute approximate surface area is 121 Å². The zero-order valence-corrected chi connectivity index (χ0v) is 12.5. The fourth-order valence-corrected chi connectivity index (χ4v) is 2.68. The number of pyridine rings is 1. The molecule has 106 valence electrons. The molecule has 0 unspecified atom stereocenters. The van der Waals surface area contributed by atoms with Crippen molar-refractivity contribution in [2.45, 2.75) is 20.4 Å². The van der Waals surface area contributed by atoms with Gasteiger partial charge in [-0.3, -0.25) is 4.79 Å². The van der Waals surface area contributed by atoms with Crippen LogP contribution < -0.4 is 11.3 Å². The minimum atomic E-state index is -0.0696. The lowest BCUT2D eigenvalue weighted by molar-refractivity contribution is 0.0786. The van der Waals surface area contributed by atoms with Gasteiger partial charge in [-0.1, -0.05) is 0 Å². The molecular formula is C13H17N5OS. The fraction of sp³-hybridized carbons (Fsp3) is 0.308. The highest BCUT2D eigenvalue weighted by Gasteiger charge is 2.15. The minimum Gasteiger partial charge on any atom is -0.336 e. The van der Waals surface area contributed by atoms with E-state index in [2.05, 4.69) is 15.4 Å². The van der Waals surface area contributed by atoms with E-state index in [4.69, 9.17) is 5.84 Å². The van der Waals surface area contributed by atoms with E-state index in [1.54, 1.807) is 40.9 Å². The van der Waals surface area contributed by atoms with Crippen LogP contribution in [0.3, 0.4) is 0 Å². The molecule has 20 heavy (non-hydrogen) atoms. The number of rotatable bonds is 4. The van der Waals surface area contributed by atoms with Gasteiger partial charge in [0, 0.05) is 23.2 Å². The molecule has 0 spiro atoms. The number of nitrogens with zero attached hydrogens (tertiary/aromatic N) is 3. The third kappa shape index (κ3) is 3.12. The van der Waals surface area contributed by atoms with Crippen LogP contribution in [-0.4, -0.2) is 27.8 Å². The third-order valence-electron chi connectivity index (χ3n) is 2.92. The molecule has 2 rings (SSSR count). The number of carbonyl (C=O) groups excluding carboxylic acids is 1. The average Bonchev–Trinajstić information content (AvgIpc) is 2.82. The summed E-state index contributed by atoms with van der Waals surface area (Å²) in [5.74, 6) is 5.76. The third-order valence-corrected chi connectivity index (χ3v) is 3.84. The maximum Gasteiger partial charge on any atom is 0.254 e. The maximum absolute atomic E-state index is 12.4. The van der Waals surface area contributed by atoms with Crippen LogP contribution in [0.25, 0.3) is 0 Å². The zero-order chi connectivity index (χ0) is 14.7. The number of nitrogens with one attached hydrogen (secondary N) is 1. The fourth-order valence-electron chi connectivity index (χ4n) is 1.85. The van der Waals surface area contributed by atoms with Crippen molar-refractivity contribution in [2.24, 2.45) is 5.84 Å². The number of hydrogen-bond donors (Lipinski definition) is 2. The van der Waals surface area contributed by atoms with Gasteiger partial charge >= 0.3 is 0 Å². The van der Waals surface area contributed by atoms with Crippen molar-refractivity contribution in [3.8, 4) is 0 Å². The Balaban J connectivity index is 2.18. The zero-order valence-electron chi connectivity index (χ0n) is 11.7. The summed E-state index contributed by atoms with van der Waals surface area (Å²) < 4.78 is 0. The van der Waals surface area contributed by atoms with Crippen LogP contribution in [0.4, 0.5) is 5.82 Å². The highest BCUT2D eigenvalue weighted by atomic mass is 32.1. The van der Waals surface area contributed by atoms with Gasteiger partial charge in [-0.2, -0.15) is 0 Å². The molecule has 0 bridgehead atoms. The SMILES string of the molecule is Cc1cc(C(=O)N(C)Cc2scnc2C)cc(NN)n1. The first kappa shape index (κ1) is 14.4. The number of nitrogen functional groups attached to an aromatic ring is 1. The van der Waals surface area contributed by atoms with E-state index < -0.39 is 0 Å². The van der Waals surface area contributed by atoms with Gasteiger partial charge in [0.25, 0.3) is 5.91 Å². The molecule has 0 fully saturated rings. The van der Waals surface area contributed by atoms with E-state index in [0.717, 1.165) is 16.3 Å². The Morgan fingerprint density at radius 2 is 2.20 bits per heavy atom. The predicted molar refractivity (Wildman–Crippen MR) is 79.4 cm³/mol. The number of aryl methyl sites for hydroxylation is 2. The molecule has 0 aliphatic heterocycles. The summed E-state index contributed by atoms with van der Waals surface area (Å²) in [6.45, 7) is 4.31. The molecule has 2 heterocycles. The molecule has 0 saturated carbocycles. The van der Waals surface area contributed by atoms with E-state index in [1.165, 1.54) is 0 Å². The largest absolute Gasteiger partial charge is 0.336 e. The molecule has 3 N–H and O–H groups in total. The van der Waals surface area contributed by atoms with Crippen molar-refractivity contribution < 1.29 is 4.79 Å². The summed E-state index contributed by atoms with van der Waals surface area (Å²) in [6.07, 6.45) is 0. The summed E-state index contributed by atoms with van der Waals surface area (Å²) >= 11 is 1.55. The Morgan fingerprint density at radius 1 is 1.45 bits per heavy atom. The van der Waals surface area contributed by atoms with Crippen LogP contribution in [0, 0.1) is 13.8 Å². The van der Waals surface area contributed by atoms with E-state index in [0.29, 0.717) is 17.9 Å². The number of nitrogens with two attached hydrogens (primary N) is 1. The number of thiazole rings is 1. The van der Waals surface area contributed by atoms with Gasteiger partial charge in [0.1, 0.15) is 5.82 Å². The van der Waals surface area contributed by atoms with Gasteiger partial charge in [0.2, 0.25) is 0 Å². The Bertz CT molecular complexity index is 625. The first-order valence-corrected chi connectivity index (χ1v) is 6.99. The van der Waals surface area contributed by atoms with Crippen molar-refractivity contribution in [1.82, 2.24) is 14.9 Å². The highest BCUT2D eigenvalue weighted by Crippen LogP contribution is 2.17. The van der Waals surface area contributed by atoms with Gasteiger partial charge in [0.15, 0.2) is 0 Å². The number of amides is 1. The summed E-state index contributed by atoms with van der Waals surface area (Å²) in [4.78, 5) is 23.5. The first-order chi connectivity index (χ1) is 9.51. The van der Waals surface area contributed by atoms with E-state index >= 15 is 0 Å². The van der Waals surface area contributed by atoms with Gasteiger partial charge in [-0.05, 0) is 26.0 Å². The lowest BCUT2D eigenvalue weighted by Crippen LogP contribution is -2.26. The van der Waals surface area contributed by atoms with Crippen LogP contribution >= 0.6 is 11.3 Å². The van der Waals surface area contributed by atoms with Crippen molar-refractivity contribution >= 4 is 23.1 Å². The van der Waals surface area contributed by atoms with Crippen molar-refractivity contribution in [2.75, 3.05) is 12.5 Å². The number of hydrogen-bond acceptors (Lipinski definition) is 6. The molecule has 0 atom stereocenters. The van der Waals surface area contributed by atoms with Crippen LogP contribution in [0.5, 0.6) is 0 Å². The molecule has 1 amide bonds. The Kier molecular flexibility index (Phi) is 4.31. The molecule has 6 nitrogen and oxygen atoms in total. The molecule has 2 aromatic heterocycles. The number of hydrazine groups is 1. The van der Waals surface area contributed by atoms with Gasteiger partial charge < -0.3 is 10.3 Å². The summed E-state index contributed by atoms with van der Waals surface area (Å²) in [7, 11) is 1.77. The smallest absolute Gasteiger partial charge is 0.254 e. The van der Waals surface area contributed by atoms with E-state index in [1.807, 2.05) is 13.8 Å². The van der Waals surface area contributed by atoms with Crippen LogP contribution in [-0.2, 0) is 6.54 Å². The van der Waals surface area contributed by atoms with Crippen LogP contribution in [0.1, 0.15) is 26.6 Å². The van der Waals surface area contributed by atoms with Crippen molar-refractivity contribution in [3.63, 3.8) is 0 Å². The monoisotopic (exact) mass is 291 g/mol. The predicted octanol–water partition coefficient (Wildman–Crippen LogP) is 1.71. The second-order valence-corrected chi connectivity index (χ2v) is 5.49. The maximum atomic E-state index is 12.4. The van der Waals surface area contributed by atoms with Crippen molar-refractivity contribution in [3.05, 3.63) is 39.5 Å². The lowest BCUT2D eigenvalue weighted by atomic mass is 10.2. The van der Waals surface area contributed by atoms with E-state index in [9.17, 15) is 4.79 Å². The van der Waals surface area contributed by atoms with Crippen molar-refractivity contribution in [1.29, 1.82) is 0 Å². The lowest BCUT2D eigenvalue weighted by Gasteiger charge is -2.17. The summed E-state index contributed by atoms with van der Waals surface area (Å²) in [5.41, 5.74) is 6.52. The molecule has 0 aromatic carbocycles. The Morgan fingerprint density at radius 3 is 2.80 bits per heavy atom. The first-order valence-electron chi connectivity index (χ1n) is 6.11. The highest BCUT2D eigenvalue weighted by molar-refractivity contribution is 7.09. The standard InChI is InChI=1S/C13H17N5OS/c1-8-4-10(5-12(16-8)17-14)13(19)18(3)6-11-9(2)15-7-20-11/h4-5,7H,6,14H2,1-3H3,(H,16,17). The minimum absolute atomic E-state index is 0.0696. The quantitative estimate of drug-likeness (QED) is 0.662. The molecule has 7 heteroatoms. The van der Waals surface area contributed by atoms with Gasteiger partial charge in [-0.15, -0.1) is 11.3 Å². The van der Waals surface area contributed by atoms with Gasteiger partial charge in [-0.25, -0.2) is 15.8 Å². The molecule has 0 saturated heterocycles. The second kappa shape index (κ2) is 5.98. The average molecular weight is 291 g/mol. The topological polar surface area (TPSA) is 84.1 Å². The normalized spacial score (nSPS) is 10.4. The molecule has 0 radical (unpaired) electrons. The van der Waals surface area contributed by atoms with Crippen LogP contribution in [0.2, 0.25) is 0 Å². The molecule has 0 aliphatic carbocycles. The van der Waals surface area contributed by atoms with Crippen LogP contribution in [0.15, 0.2) is 17.6 Å². The summed E-state index contributed by atoms with van der Waals surface area (Å²) in [5, 5.41) is 0. The number of anilines is 1. The Hall–Kier alpha value is -1.99. The van der Waals surface area contributed by atoms with E-state index in [-0.39, 0.29) is 5.91 Å². The second-order valence-electron chi connectivity index (χ2n) is 4.55. The summed E-state index contributed by atoms with van der Waals surface area (Å²) in [6, 6.07) is 3.39.